The fourth-order valence-corrected chi connectivity index (χ4v) is 5.50. The Morgan fingerprint density at radius 3 is 2.29 bits per heavy atom. The van der Waals surface area contributed by atoms with Gasteiger partial charge in [-0.15, -0.1) is 0 Å². The summed E-state index contributed by atoms with van der Waals surface area (Å²) in [6.07, 6.45) is 0. The van der Waals surface area contributed by atoms with Crippen molar-refractivity contribution in [1.82, 2.24) is 9.62 Å². The third-order valence-electron chi connectivity index (χ3n) is 4.84. The molecule has 0 aliphatic carbocycles. The number of primary sulfonamides is 1. The topological polar surface area (TPSA) is 136 Å². The highest BCUT2D eigenvalue weighted by atomic mass is 35.5. The summed E-state index contributed by atoms with van der Waals surface area (Å²) in [5, 5.41) is 7.87. The number of nitrogens with one attached hydrogen (secondary N) is 1. The molecular weight excluding hydrogens is 466 g/mol. The minimum Gasteiger partial charge on any atom is -0.379 e. The number of sulfonamides is 2. The number of carbonyl (C=O) groups excluding carboxylic acids is 1. The van der Waals surface area contributed by atoms with E-state index in [1.165, 1.54) is 34.6 Å². The van der Waals surface area contributed by atoms with E-state index in [-0.39, 0.29) is 33.5 Å². The van der Waals surface area contributed by atoms with Crippen LogP contribution in [0.2, 0.25) is 5.02 Å². The third-order valence-corrected chi connectivity index (χ3v) is 8.15. The molecule has 3 N–H and O–H groups in total. The van der Waals surface area contributed by atoms with Crippen LogP contribution in [0.4, 0.5) is 0 Å². The molecule has 12 heteroatoms. The molecule has 0 radical (unpaired) electrons. The maximum atomic E-state index is 12.9. The van der Waals surface area contributed by atoms with Gasteiger partial charge < -0.3 is 10.1 Å². The molecule has 0 spiro atoms. The van der Waals surface area contributed by atoms with Crippen LogP contribution < -0.4 is 10.5 Å². The predicted octanol–water partition coefficient (Wildman–Crippen LogP) is 1.50. The molecule has 0 bridgehead atoms. The molecule has 1 amide bonds. The van der Waals surface area contributed by atoms with E-state index < -0.39 is 32.0 Å². The lowest BCUT2D eigenvalue weighted by atomic mass is 10.1. The van der Waals surface area contributed by atoms with Crippen LogP contribution in [0.5, 0.6) is 0 Å². The molecule has 31 heavy (non-hydrogen) atoms. The zero-order valence-electron chi connectivity index (χ0n) is 16.6. The lowest BCUT2D eigenvalue weighted by Gasteiger charge is -2.26. The van der Waals surface area contributed by atoms with Crippen molar-refractivity contribution in [2.75, 3.05) is 26.3 Å². The van der Waals surface area contributed by atoms with Gasteiger partial charge in [-0.3, -0.25) is 4.79 Å². The van der Waals surface area contributed by atoms with Gasteiger partial charge in [0.2, 0.25) is 20.0 Å². The van der Waals surface area contributed by atoms with Crippen LogP contribution in [0.25, 0.3) is 0 Å². The lowest BCUT2D eigenvalue weighted by molar-refractivity contribution is 0.0730. The predicted molar refractivity (Wildman–Crippen MR) is 115 cm³/mol. The van der Waals surface area contributed by atoms with Crippen LogP contribution in [-0.4, -0.2) is 53.4 Å². The summed E-state index contributed by atoms with van der Waals surface area (Å²) in [5.41, 5.74) is 0.778. The zero-order chi connectivity index (χ0) is 22.8. The van der Waals surface area contributed by atoms with Gasteiger partial charge >= 0.3 is 0 Å². The van der Waals surface area contributed by atoms with Crippen molar-refractivity contribution in [3.63, 3.8) is 0 Å². The van der Waals surface area contributed by atoms with E-state index in [1.807, 2.05) is 0 Å². The number of amides is 1. The van der Waals surface area contributed by atoms with Crippen LogP contribution in [0.1, 0.15) is 28.9 Å². The summed E-state index contributed by atoms with van der Waals surface area (Å²) < 4.78 is 55.1. The smallest absolute Gasteiger partial charge is 0.251 e. The Morgan fingerprint density at radius 2 is 1.71 bits per heavy atom. The molecule has 168 valence electrons. The summed E-state index contributed by atoms with van der Waals surface area (Å²) in [7, 11) is -7.69. The van der Waals surface area contributed by atoms with Crippen molar-refractivity contribution in [3.8, 4) is 0 Å². The Balaban J connectivity index is 1.80. The standard InChI is InChI=1S/C19H22ClN3O6S2/c1-13(14-2-5-16(6-3-14)30(21,25)26)22-19(24)15-4-7-17(20)18(12-15)31(27,28)23-8-10-29-11-9-23/h2-7,12-13H,8-11H2,1H3,(H,22,24)(H2,21,25,26). The number of halogens is 1. The Hall–Kier alpha value is -2.02. The first-order valence-corrected chi connectivity index (χ1v) is 12.7. The van der Waals surface area contributed by atoms with E-state index in [9.17, 15) is 21.6 Å². The SMILES string of the molecule is CC(NC(=O)c1ccc(Cl)c(S(=O)(=O)N2CCOCC2)c1)c1ccc(S(N)(=O)=O)cc1. The first-order valence-electron chi connectivity index (χ1n) is 9.31. The number of hydrogen-bond donors (Lipinski definition) is 2. The Kier molecular flexibility index (Phi) is 7.04. The van der Waals surface area contributed by atoms with E-state index in [4.69, 9.17) is 21.5 Å². The Bertz CT molecular complexity index is 1180. The molecule has 9 nitrogen and oxygen atoms in total. The summed E-state index contributed by atoms with van der Waals surface area (Å²) in [6, 6.07) is 9.37. The zero-order valence-corrected chi connectivity index (χ0v) is 19.0. The fraction of sp³-hybridized carbons (Fsp3) is 0.316. The van der Waals surface area contributed by atoms with Gasteiger partial charge in [-0.05, 0) is 42.8 Å². The number of ether oxygens (including phenoxy) is 1. The highest BCUT2D eigenvalue weighted by Gasteiger charge is 2.29. The maximum Gasteiger partial charge on any atom is 0.251 e. The number of benzene rings is 2. The van der Waals surface area contributed by atoms with E-state index >= 15 is 0 Å². The quantitative estimate of drug-likeness (QED) is 0.633. The van der Waals surface area contributed by atoms with Crippen molar-refractivity contribution >= 4 is 37.6 Å². The highest BCUT2D eigenvalue weighted by Crippen LogP contribution is 2.27. The second kappa shape index (κ2) is 9.23. The van der Waals surface area contributed by atoms with Gasteiger partial charge in [-0.25, -0.2) is 22.0 Å². The first-order chi connectivity index (χ1) is 14.5. The first kappa shape index (κ1) is 23.6. The average Bonchev–Trinajstić information content (AvgIpc) is 2.74. The second-order valence-corrected chi connectivity index (χ2v) is 10.8. The van der Waals surface area contributed by atoms with Gasteiger partial charge in [-0.1, -0.05) is 23.7 Å². The summed E-state index contributed by atoms with van der Waals surface area (Å²) >= 11 is 6.13. The molecule has 1 atom stereocenters. The number of morpholine rings is 1. The van der Waals surface area contributed by atoms with Gasteiger partial charge in [0, 0.05) is 18.7 Å². The van der Waals surface area contributed by atoms with Gasteiger partial charge in [0.1, 0.15) is 4.90 Å². The van der Waals surface area contributed by atoms with E-state index in [1.54, 1.807) is 19.1 Å². The summed E-state index contributed by atoms with van der Waals surface area (Å²) in [4.78, 5) is 12.5. The van der Waals surface area contributed by atoms with Crippen molar-refractivity contribution in [3.05, 3.63) is 58.6 Å². The Morgan fingerprint density at radius 1 is 1.10 bits per heavy atom. The average molecular weight is 488 g/mol. The molecule has 0 saturated carbocycles. The number of nitrogens with zero attached hydrogens (tertiary/aromatic N) is 1. The van der Waals surface area contributed by atoms with Crippen LogP contribution in [0.3, 0.4) is 0 Å². The summed E-state index contributed by atoms with van der Waals surface area (Å²) in [5.74, 6) is -0.502. The highest BCUT2D eigenvalue weighted by molar-refractivity contribution is 7.89. The minimum atomic E-state index is -3.88. The normalized spacial score (nSPS) is 16.6. The van der Waals surface area contributed by atoms with Crippen LogP contribution in [0, 0.1) is 0 Å². The van der Waals surface area contributed by atoms with E-state index in [2.05, 4.69) is 5.32 Å². The third kappa shape index (κ3) is 5.43. The molecule has 1 aliphatic rings. The molecule has 1 unspecified atom stereocenters. The molecule has 1 heterocycles. The second-order valence-electron chi connectivity index (χ2n) is 6.97. The van der Waals surface area contributed by atoms with Gasteiger partial charge in [0.05, 0.1) is 29.2 Å². The number of carbonyl (C=O) groups is 1. The van der Waals surface area contributed by atoms with Crippen LogP contribution >= 0.6 is 11.6 Å². The molecule has 1 fully saturated rings. The summed E-state index contributed by atoms with van der Waals surface area (Å²) in [6.45, 7) is 2.71. The van der Waals surface area contributed by atoms with Crippen LogP contribution in [-0.2, 0) is 24.8 Å². The van der Waals surface area contributed by atoms with Crippen molar-refractivity contribution in [2.24, 2.45) is 5.14 Å². The number of rotatable bonds is 6. The van der Waals surface area contributed by atoms with E-state index in [0.29, 0.717) is 18.8 Å². The molecule has 2 aromatic carbocycles. The van der Waals surface area contributed by atoms with E-state index in [0.717, 1.165) is 0 Å². The van der Waals surface area contributed by atoms with Gasteiger partial charge in [-0.2, -0.15) is 4.31 Å². The molecule has 1 saturated heterocycles. The molecule has 2 aromatic rings. The van der Waals surface area contributed by atoms with Crippen LogP contribution in [0.15, 0.2) is 52.3 Å². The monoisotopic (exact) mass is 487 g/mol. The fourth-order valence-electron chi connectivity index (χ4n) is 3.08. The molecule has 1 aliphatic heterocycles. The molecule has 3 rings (SSSR count). The van der Waals surface area contributed by atoms with Gasteiger partial charge in [0.25, 0.3) is 5.91 Å². The lowest BCUT2D eigenvalue weighted by Crippen LogP contribution is -2.40. The Labute approximate surface area is 186 Å². The molecular formula is C19H22ClN3O6S2. The molecule has 0 aromatic heterocycles. The van der Waals surface area contributed by atoms with Crippen molar-refractivity contribution < 1.29 is 26.4 Å². The maximum absolute atomic E-state index is 12.9. The largest absolute Gasteiger partial charge is 0.379 e. The van der Waals surface area contributed by atoms with Crippen molar-refractivity contribution in [1.29, 1.82) is 0 Å². The van der Waals surface area contributed by atoms with Crippen molar-refractivity contribution in [2.45, 2.75) is 22.8 Å². The number of hydrogen-bond acceptors (Lipinski definition) is 6. The number of nitrogens with two attached hydrogens (primary N) is 1. The van der Waals surface area contributed by atoms with Gasteiger partial charge in [0.15, 0.2) is 0 Å². The minimum absolute atomic E-state index is 0.0228.